The Hall–Kier alpha value is -2.26. The Morgan fingerprint density at radius 1 is 1.00 bits per heavy atom. The average molecular weight is 494 g/mol. The minimum atomic E-state index is -0.985. The lowest BCUT2D eigenvalue weighted by Crippen LogP contribution is -2.41. The van der Waals surface area contributed by atoms with Crippen LogP contribution in [0.1, 0.15) is 29.3 Å². The number of hydrogen-bond acceptors (Lipinski definition) is 5. The van der Waals surface area contributed by atoms with E-state index in [0.29, 0.717) is 18.8 Å². The summed E-state index contributed by atoms with van der Waals surface area (Å²) < 4.78 is 17.1. The van der Waals surface area contributed by atoms with Crippen molar-refractivity contribution in [3.05, 3.63) is 70.2 Å². The monoisotopic (exact) mass is 493 g/mol. The van der Waals surface area contributed by atoms with Crippen molar-refractivity contribution in [1.82, 2.24) is 5.32 Å². The van der Waals surface area contributed by atoms with Gasteiger partial charge in [0.15, 0.2) is 0 Å². The van der Waals surface area contributed by atoms with E-state index in [-0.39, 0.29) is 32.3 Å². The van der Waals surface area contributed by atoms with Gasteiger partial charge in [0.1, 0.15) is 6.79 Å². The lowest BCUT2D eigenvalue weighted by atomic mass is 10.0. The third-order valence-electron chi connectivity index (χ3n) is 4.48. The summed E-state index contributed by atoms with van der Waals surface area (Å²) >= 11 is 3.34. The maximum Gasteiger partial charge on any atom is 0.308 e. The fourth-order valence-corrected chi connectivity index (χ4v) is 3.11. The Kier molecular flexibility index (Phi) is 11.2. The highest BCUT2D eigenvalue weighted by molar-refractivity contribution is 9.10. The number of halogens is 1. The van der Waals surface area contributed by atoms with Crippen LogP contribution in [0.5, 0.6) is 0 Å². The van der Waals surface area contributed by atoms with Crippen molar-refractivity contribution in [2.75, 3.05) is 26.6 Å². The second-order valence-electron chi connectivity index (χ2n) is 6.93. The molecule has 168 valence electrons. The molecule has 2 rings (SSSR count). The molecule has 2 atom stereocenters. The number of benzene rings is 2. The molecule has 0 unspecified atom stereocenters. The summed E-state index contributed by atoms with van der Waals surface area (Å²) in [5, 5.41) is 12.5. The molecule has 0 aliphatic rings. The molecule has 0 saturated heterocycles. The number of rotatable bonds is 14. The smallest absolute Gasteiger partial charge is 0.308 e. The molecule has 0 radical (unpaired) electrons. The molecule has 0 aliphatic carbocycles. The zero-order valence-electron chi connectivity index (χ0n) is 17.5. The normalized spacial score (nSPS) is 12.8. The van der Waals surface area contributed by atoms with E-state index < -0.39 is 17.9 Å². The van der Waals surface area contributed by atoms with Crippen LogP contribution in [0, 0.1) is 5.92 Å². The van der Waals surface area contributed by atoms with E-state index >= 15 is 0 Å². The third-order valence-corrected chi connectivity index (χ3v) is 5.01. The lowest BCUT2D eigenvalue weighted by Gasteiger charge is -2.22. The van der Waals surface area contributed by atoms with Gasteiger partial charge in [-0.15, -0.1) is 0 Å². The standard InChI is InChI=1S/C23H28BrNO6/c1-2-29-16-31-15-21(25-22(26)18-8-10-20(24)11-9-18)12-19(23(27)28)14-30-13-17-6-4-3-5-7-17/h3-11,19,21H,2,12-16H2,1H3,(H,25,26)(H,27,28)/t19-,21+/m1/s1. The first-order chi connectivity index (χ1) is 15.0. The summed E-state index contributed by atoms with van der Waals surface area (Å²) in [6.07, 6.45) is 0.165. The Morgan fingerprint density at radius 3 is 2.35 bits per heavy atom. The number of hydrogen-bond donors (Lipinski definition) is 2. The number of carbonyl (C=O) groups excluding carboxylic acids is 1. The predicted molar refractivity (Wildman–Crippen MR) is 120 cm³/mol. The van der Waals surface area contributed by atoms with Gasteiger partial charge in [0.2, 0.25) is 0 Å². The van der Waals surface area contributed by atoms with E-state index in [9.17, 15) is 14.7 Å². The molecule has 0 fully saturated rings. The molecule has 7 nitrogen and oxygen atoms in total. The van der Waals surface area contributed by atoms with E-state index in [4.69, 9.17) is 14.2 Å². The molecule has 0 aromatic heterocycles. The highest BCUT2D eigenvalue weighted by Crippen LogP contribution is 2.14. The van der Waals surface area contributed by atoms with Gasteiger partial charge in [0.25, 0.3) is 5.91 Å². The summed E-state index contributed by atoms with van der Waals surface area (Å²) in [7, 11) is 0. The van der Waals surface area contributed by atoms with Crippen molar-refractivity contribution < 1.29 is 28.9 Å². The van der Waals surface area contributed by atoms with Crippen molar-refractivity contribution >= 4 is 27.8 Å². The topological polar surface area (TPSA) is 94.1 Å². The highest BCUT2D eigenvalue weighted by Gasteiger charge is 2.25. The Bertz CT molecular complexity index is 799. The van der Waals surface area contributed by atoms with Crippen LogP contribution in [0.15, 0.2) is 59.1 Å². The molecule has 0 heterocycles. The Morgan fingerprint density at radius 2 is 1.71 bits per heavy atom. The number of nitrogens with one attached hydrogen (secondary N) is 1. The molecule has 2 N–H and O–H groups in total. The van der Waals surface area contributed by atoms with Crippen molar-refractivity contribution in [3.8, 4) is 0 Å². The van der Waals surface area contributed by atoms with Crippen molar-refractivity contribution in [1.29, 1.82) is 0 Å². The van der Waals surface area contributed by atoms with E-state index in [1.54, 1.807) is 24.3 Å². The largest absolute Gasteiger partial charge is 0.481 e. The van der Waals surface area contributed by atoms with Gasteiger partial charge in [0, 0.05) is 16.6 Å². The number of carboxylic acids is 1. The second kappa shape index (κ2) is 13.9. The van der Waals surface area contributed by atoms with Gasteiger partial charge in [-0.3, -0.25) is 9.59 Å². The fourth-order valence-electron chi connectivity index (χ4n) is 2.85. The van der Waals surface area contributed by atoms with Gasteiger partial charge < -0.3 is 24.6 Å². The average Bonchev–Trinajstić information content (AvgIpc) is 2.76. The molecule has 0 bridgehead atoms. The summed E-state index contributed by atoms with van der Waals surface area (Å²) in [4.78, 5) is 24.4. The van der Waals surface area contributed by atoms with E-state index in [0.717, 1.165) is 10.0 Å². The minimum absolute atomic E-state index is 0.0281. The van der Waals surface area contributed by atoms with Crippen LogP contribution in [0.3, 0.4) is 0 Å². The van der Waals surface area contributed by atoms with E-state index in [2.05, 4.69) is 21.2 Å². The van der Waals surface area contributed by atoms with Gasteiger partial charge in [0.05, 0.1) is 31.8 Å². The van der Waals surface area contributed by atoms with Gasteiger partial charge >= 0.3 is 5.97 Å². The Balaban J connectivity index is 1.97. The van der Waals surface area contributed by atoms with Gasteiger partial charge in [-0.25, -0.2) is 0 Å². The molecular weight excluding hydrogens is 466 g/mol. The van der Waals surface area contributed by atoms with E-state index in [1.165, 1.54) is 0 Å². The number of carboxylic acid groups (broad SMARTS) is 1. The molecule has 0 saturated carbocycles. The first-order valence-corrected chi connectivity index (χ1v) is 10.8. The number of carbonyl (C=O) groups is 2. The van der Waals surface area contributed by atoms with Crippen LogP contribution in [-0.2, 0) is 25.6 Å². The minimum Gasteiger partial charge on any atom is -0.481 e. The molecule has 2 aromatic carbocycles. The van der Waals surface area contributed by atoms with Gasteiger partial charge in [-0.2, -0.15) is 0 Å². The first kappa shape index (κ1) is 25.0. The molecule has 8 heteroatoms. The van der Waals surface area contributed by atoms with Crippen LogP contribution in [0.2, 0.25) is 0 Å². The van der Waals surface area contributed by atoms with Gasteiger partial charge in [-0.05, 0) is 43.2 Å². The number of ether oxygens (including phenoxy) is 3. The van der Waals surface area contributed by atoms with Crippen LogP contribution in [0.4, 0.5) is 0 Å². The highest BCUT2D eigenvalue weighted by atomic mass is 79.9. The maximum atomic E-state index is 12.6. The van der Waals surface area contributed by atoms with Gasteiger partial charge in [-0.1, -0.05) is 46.3 Å². The number of aliphatic carboxylic acids is 1. The lowest BCUT2D eigenvalue weighted by molar-refractivity contribution is -0.145. The van der Waals surface area contributed by atoms with Crippen molar-refractivity contribution in [2.45, 2.75) is 26.0 Å². The molecule has 1 amide bonds. The first-order valence-electron chi connectivity index (χ1n) is 10.1. The zero-order chi connectivity index (χ0) is 22.5. The van der Waals surface area contributed by atoms with Crippen molar-refractivity contribution in [2.24, 2.45) is 5.92 Å². The predicted octanol–water partition coefficient (Wildman–Crippen LogP) is 3.87. The van der Waals surface area contributed by atoms with Crippen LogP contribution in [-0.4, -0.2) is 49.6 Å². The molecule has 2 aromatic rings. The molecule has 0 aliphatic heterocycles. The summed E-state index contributed by atoms with van der Waals surface area (Å²) in [5.41, 5.74) is 1.44. The van der Waals surface area contributed by atoms with Crippen molar-refractivity contribution in [3.63, 3.8) is 0 Å². The maximum absolute atomic E-state index is 12.6. The third kappa shape index (κ3) is 9.61. The van der Waals surface area contributed by atoms with Crippen LogP contribution >= 0.6 is 15.9 Å². The van der Waals surface area contributed by atoms with E-state index in [1.807, 2.05) is 37.3 Å². The summed E-state index contributed by atoms with van der Waals surface area (Å²) in [5.74, 6) is -2.08. The summed E-state index contributed by atoms with van der Waals surface area (Å²) in [6, 6.07) is 15.9. The summed E-state index contributed by atoms with van der Waals surface area (Å²) in [6.45, 7) is 2.90. The Labute approximate surface area is 190 Å². The number of amides is 1. The molecule has 31 heavy (non-hydrogen) atoms. The SMILES string of the molecule is CCOCOC[C@H](C[C@H](COCc1ccccc1)C(=O)O)NC(=O)c1ccc(Br)cc1. The second-order valence-corrected chi connectivity index (χ2v) is 7.85. The van der Waals surface area contributed by atoms with Crippen LogP contribution in [0.25, 0.3) is 0 Å². The fraction of sp³-hybridized carbons (Fsp3) is 0.391. The molecule has 0 spiro atoms. The molecular formula is C23H28BrNO6. The van der Waals surface area contributed by atoms with Crippen LogP contribution < -0.4 is 5.32 Å². The zero-order valence-corrected chi connectivity index (χ0v) is 19.0. The quantitative estimate of drug-likeness (QED) is 0.306.